The van der Waals surface area contributed by atoms with E-state index in [9.17, 15) is 18.0 Å². The predicted octanol–water partition coefficient (Wildman–Crippen LogP) is 4.70. The SMILES string of the molecule is C[C@@H](NC(=O)c1cncc(N2CCC23COC3)c1)c1ccc(-c2cc(C(F)(F)F)ccc2CN)cc1. The van der Waals surface area contributed by atoms with Gasteiger partial charge in [-0.05, 0) is 53.8 Å². The normalized spacial score (nSPS) is 17.3. The molecule has 1 amide bonds. The fourth-order valence-corrected chi connectivity index (χ4v) is 4.79. The first-order valence-electron chi connectivity index (χ1n) is 11.8. The van der Waals surface area contributed by atoms with E-state index in [0.717, 1.165) is 36.3 Å². The van der Waals surface area contributed by atoms with Crippen LogP contribution in [0.4, 0.5) is 18.9 Å². The van der Waals surface area contributed by atoms with Gasteiger partial charge in [0.15, 0.2) is 0 Å². The van der Waals surface area contributed by atoms with Crippen LogP contribution in [0, 0.1) is 0 Å². The Bertz CT molecular complexity index is 1270. The number of nitrogens with two attached hydrogens (primary N) is 1. The van der Waals surface area contributed by atoms with Gasteiger partial charge in [0.25, 0.3) is 5.91 Å². The average Bonchev–Trinajstić information content (AvgIpc) is 2.81. The summed E-state index contributed by atoms with van der Waals surface area (Å²) in [5, 5.41) is 2.98. The van der Waals surface area contributed by atoms with E-state index in [2.05, 4.69) is 15.2 Å². The van der Waals surface area contributed by atoms with E-state index in [0.29, 0.717) is 35.5 Å². The molecule has 2 aliphatic heterocycles. The number of hydrogen-bond acceptors (Lipinski definition) is 5. The maximum absolute atomic E-state index is 13.2. The van der Waals surface area contributed by atoms with Crippen LogP contribution in [0.25, 0.3) is 11.1 Å². The van der Waals surface area contributed by atoms with Gasteiger partial charge in [-0.15, -0.1) is 0 Å². The Kier molecular flexibility index (Phi) is 6.22. The molecule has 9 heteroatoms. The molecule has 0 saturated carbocycles. The number of nitrogens with zero attached hydrogens (tertiary/aromatic N) is 2. The van der Waals surface area contributed by atoms with Crippen molar-refractivity contribution < 1.29 is 22.7 Å². The van der Waals surface area contributed by atoms with Crippen molar-refractivity contribution in [1.29, 1.82) is 0 Å². The van der Waals surface area contributed by atoms with Gasteiger partial charge >= 0.3 is 6.18 Å². The fraction of sp³-hybridized carbons (Fsp3) is 0.333. The second kappa shape index (κ2) is 9.22. The number of nitrogens with one attached hydrogen (secondary N) is 1. The van der Waals surface area contributed by atoms with Gasteiger partial charge in [-0.1, -0.05) is 30.3 Å². The number of hydrogen-bond donors (Lipinski definition) is 2. The molecule has 1 atom stereocenters. The molecule has 2 aliphatic rings. The quantitative estimate of drug-likeness (QED) is 0.517. The number of benzene rings is 2. The molecule has 3 heterocycles. The molecule has 3 N–H and O–H groups in total. The fourth-order valence-electron chi connectivity index (χ4n) is 4.79. The molecule has 2 fully saturated rings. The lowest BCUT2D eigenvalue weighted by atomic mass is 9.82. The zero-order chi connectivity index (χ0) is 25.5. The first kappa shape index (κ1) is 24.3. The van der Waals surface area contributed by atoms with E-state index in [1.54, 1.807) is 36.7 Å². The molecule has 36 heavy (non-hydrogen) atoms. The molecule has 1 aromatic heterocycles. The van der Waals surface area contributed by atoms with Crippen LogP contribution in [0.2, 0.25) is 0 Å². The lowest BCUT2D eigenvalue weighted by Gasteiger charge is -2.58. The number of rotatable bonds is 6. The van der Waals surface area contributed by atoms with Gasteiger partial charge in [0.1, 0.15) is 0 Å². The lowest BCUT2D eigenvalue weighted by molar-refractivity contribution is -0.137. The minimum Gasteiger partial charge on any atom is -0.376 e. The molecule has 5 rings (SSSR count). The van der Waals surface area contributed by atoms with Crippen LogP contribution < -0.4 is 16.0 Å². The van der Waals surface area contributed by atoms with Crippen LogP contribution >= 0.6 is 0 Å². The highest BCUT2D eigenvalue weighted by Gasteiger charge is 2.51. The van der Waals surface area contributed by atoms with Crippen molar-refractivity contribution in [2.75, 3.05) is 24.7 Å². The summed E-state index contributed by atoms with van der Waals surface area (Å²) in [4.78, 5) is 19.4. The Hall–Kier alpha value is -3.43. The second-order valence-electron chi connectivity index (χ2n) is 9.44. The van der Waals surface area contributed by atoms with Crippen LogP contribution in [0.3, 0.4) is 0 Å². The number of aromatic nitrogens is 1. The van der Waals surface area contributed by atoms with Crippen molar-refractivity contribution in [1.82, 2.24) is 10.3 Å². The molecule has 2 saturated heterocycles. The predicted molar refractivity (Wildman–Crippen MR) is 130 cm³/mol. The minimum absolute atomic E-state index is 0.0508. The molecule has 0 aliphatic carbocycles. The third-order valence-electron chi connectivity index (χ3n) is 7.14. The Morgan fingerprint density at radius 1 is 1.17 bits per heavy atom. The number of alkyl halides is 3. The largest absolute Gasteiger partial charge is 0.416 e. The van der Waals surface area contributed by atoms with Crippen LogP contribution in [0.1, 0.15) is 46.4 Å². The summed E-state index contributed by atoms with van der Waals surface area (Å²) in [7, 11) is 0. The second-order valence-corrected chi connectivity index (χ2v) is 9.44. The van der Waals surface area contributed by atoms with Crippen LogP contribution in [0.5, 0.6) is 0 Å². The molecule has 0 unspecified atom stereocenters. The first-order chi connectivity index (χ1) is 17.2. The highest BCUT2D eigenvalue weighted by atomic mass is 19.4. The number of carbonyl (C=O) groups is 1. The highest BCUT2D eigenvalue weighted by Crippen LogP contribution is 2.41. The highest BCUT2D eigenvalue weighted by molar-refractivity contribution is 5.95. The zero-order valence-electron chi connectivity index (χ0n) is 19.8. The zero-order valence-corrected chi connectivity index (χ0v) is 19.8. The molecule has 6 nitrogen and oxygen atoms in total. The summed E-state index contributed by atoms with van der Waals surface area (Å²) in [5.41, 5.74) is 8.99. The summed E-state index contributed by atoms with van der Waals surface area (Å²) >= 11 is 0. The van der Waals surface area contributed by atoms with Gasteiger partial charge < -0.3 is 20.7 Å². The van der Waals surface area contributed by atoms with Gasteiger partial charge in [0.05, 0.1) is 47.8 Å². The standard InChI is InChI=1S/C27H27F3N4O2/c1-17(33-25(35)21-10-23(14-32-13-21)34-9-8-26(34)15-36-16-26)18-2-4-19(5-3-18)24-11-22(27(28,29)30)7-6-20(24)12-31/h2-7,10-11,13-14,17H,8-9,12,15-16,31H2,1H3,(H,33,35)/t17-/m1/s1. The molecule has 3 aromatic rings. The van der Waals surface area contributed by atoms with E-state index in [1.165, 1.54) is 6.07 Å². The molecule has 0 radical (unpaired) electrons. The number of pyridine rings is 1. The summed E-state index contributed by atoms with van der Waals surface area (Å²) in [6.45, 7) is 4.29. The Labute approximate surface area is 207 Å². The molecular formula is C27H27F3N4O2. The number of anilines is 1. The average molecular weight is 497 g/mol. The summed E-state index contributed by atoms with van der Waals surface area (Å²) in [6.07, 6.45) is -0.0553. The third-order valence-corrected chi connectivity index (χ3v) is 7.14. The monoisotopic (exact) mass is 496 g/mol. The van der Waals surface area contributed by atoms with Crippen LogP contribution in [-0.2, 0) is 17.5 Å². The van der Waals surface area contributed by atoms with Crippen molar-refractivity contribution in [3.05, 3.63) is 83.2 Å². The van der Waals surface area contributed by atoms with Crippen molar-refractivity contribution in [2.24, 2.45) is 5.73 Å². The number of ether oxygens (including phenoxy) is 1. The summed E-state index contributed by atoms with van der Waals surface area (Å²) < 4.78 is 45.0. The van der Waals surface area contributed by atoms with E-state index in [4.69, 9.17) is 10.5 Å². The van der Waals surface area contributed by atoms with Crippen LogP contribution in [-0.4, -0.2) is 36.2 Å². The van der Waals surface area contributed by atoms with Gasteiger partial charge in [0.2, 0.25) is 0 Å². The van der Waals surface area contributed by atoms with Gasteiger partial charge in [-0.3, -0.25) is 9.78 Å². The molecule has 0 bridgehead atoms. The maximum atomic E-state index is 13.2. The van der Waals surface area contributed by atoms with Crippen LogP contribution in [0.15, 0.2) is 60.9 Å². The van der Waals surface area contributed by atoms with Crippen molar-refractivity contribution in [3.63, 3.8) is 0 Å². The van der Waals surface area contributed by atoms with Gasteiger partial charge in [-0.25, -0.2) is 0 Å². The summed E-state index contributed by atoms with van der Waals surface area (Å²) in [5.74, 6) is -0.247. The van der Waals surface area contributed by atoms with Crippen molar-refractivity contribution in [3.8, 4) is 11.1 Å². The van der Waals surface area contributed by atoms with Crippen molar-refractivity contribution in [2.45, 2.75) is 37.6 Å². The lowest BCUT2D eigenvalue weighted by Crippen LogP contribution is -2.71. The van der Waals surface area contributed by atoms with E-state index in [1.807, 2.05) is 13.0 Å². The first-order valence-corrected chi connectivity index (χ1v) is 11.8. The Balaban J connectivity index is 1.30. The topological polar surface area (TPSA) is 80.5 Å². The smallest absolute Gasteiger partial charge is 0.376 e. The number of carbonyl (C=O) groups excluding carboxylic acids is 1. The minimum atomic E-state index is -4.44. The molecular weight excluding hydrogens is 469 g/mol. The van der Waals surface area contributed by atoms with Gasteiger partial charge in [0, 0.05) is 19.3 Å². The number of halogens is 3. The number of amides is 1. The van der Waals surface area contributed by atoms with E-state index in [-0.39, 0.29) is 24.0 Å². The molecule has 1 spiro atoms. The third kappa shape index (κ3) is 4.44. The molecule has 2 aromatic carbocycles. The molecule has 188 valence electrons. The van der Waals surface area contributed by atoms with Crippen molar-refractivity contribution >= 4 is 11.6 Å². The van der Waals surface area contributed by atoms with E-state index < -0.39 is 11.7 Å². The van der Waals surface area contributed by atoms with E-state index >= 15 is 0 Å². The Morgan fingerprint density at radius 3 is 2.50 bits per heavy atom. The Morgan fingerprint density at radius 2 is 1.92 bits per heavy atom. The van der Waals surface area contributed by atoms with Gasteiger partial charge in [-0.2, -0.15) is 13.2 Å². The maximum Gasteiger partial charge on any atom is 0.416 e. The summed E-state index contributed by atoms with van der Waals surface area (Å²) in [6, 6.07) is 12.2.